The summed E-state index contributed by atoms with van der Waals surface area (Å²) in [5.74, 6) is 2.31. The van der Waals surface area contributed by atoms with Crippen LogP contribution < -0.4 is 0 Å². The summed E-state index contributed by atoms with van der Waals surface area (Å²) in [6.07, 6.45) is 6.06. The molecule has 0 bridgehead atoms. The number of terminal acetylenes is 1. The maximum atomic E-state index is 9.64. The third-order valence-electron chi connectivity index (χ3n) is 2.66. The zero-order chi connectivity index (χ0) is 12.8. The van der Waals surface area contributed by atoms with E-state index in [-0.39, 0.29) is 0 Å². The zero-order valence-corrected chi connectivity index (χ0v) is 9.95. The standard InChI is InChI=1S/C17H14O/c1-2-16(18)13-17(14-9-5-3-6-10-14)15-11-7-4-8-12-15/h1,3-13,16,18H. The number of aliphatic hydroxyl groups excluding tert-OH is 1. The number of rotatable bonds is 3. The second-order valence-electron chi connectivity index (χ2n) is 3.92. The molecule has 0 aromatic heterocycles. The molecular formula is C17H14O. The average Bonchev–Trinajstić information content (AvgIpc) is 2.46. The third-order valence-corrected chi connectivity index (χ3v) is 2.66. The topological polar surface area (TPSA) is 20.2 Å². The Morgan fingerprint density at radius 2 is 1.39 bits per heavy atom. The molecule has 18 heavy (non-hydrogen) atoms. The summed E-state index contributed by atoms with van der Waals surface area (Å²) in [6.45, 7) is 0. The lowest BCUT2D eigenvalue weighted by molar-refractivity contribution is 0.281. The molecule has 2 aromatic carbocycles. The first kappa shape index (κ1) is 12.2. The summed E-state index contributed by atoms with van der Waals surface area (Å²) in [7, 11) is 0. The molecule has 0 aliphatic heterocycles. The predicted molar refractivity (Wildman–Crippen MR) is 74.8 cm³/mol. The molecule has 0 aliphatic rings. The van der Waals surface area contributed by atoms with E-state index in [1.807, 2.05) is 60.7 Å². The molecule has 1 unspecified atom stereocenters. The van der Waals surface area contributed by atoms with Gasteiger partial charge in [0.1, 0.15) is 6.10 Å². The second-order valence-corrected chi connectivity index (χ2v) is 3.92. The highest BCUT2D eigenvalue weighted by Crippen LogP contribution is 2.23. The van der Waals surface area contributed by atoms with Crippen molar-refractivity contribution >= 4 is 5.57 Å². The molecule has 1 heteroatoms. The van der Waals surface area contributed by atoms with E-state index < -0.39 is 6.10 Å². The van der Waals surface area contributed by atoms with E-state index >= 15 is 0 Å². The van der Waals surface area contributed by atoms with Crippen molar-refractivity contribution in [3.63, 3.8) is 0 Å². The lowest BCUT2D eigenvalue weighted by atomic mass is 9.96. The number of benzene rings is 2. The van der Waals surface area contributed by atoms with Gasteiger partial charge in [0.25, 0.3) is 0 Å². The number of hydrogen-bond donors (Lipinski definition) is 1. The third kappa shape index (κ3) is 2.88. The highest BCUT2D eigenvalue weighted by Gasteiger charge is 2.06. The molecule has 0 saturated carbocycles. The van der Waals surface area contributed by atoms with Crippen LogP contribution in [0.3, 0.4) is 0 Å². The van der Waals surface area contributed by atoms with Gasteiger partial charge in [-0.05, 0) is 22.8 Å². The van der Waals surface area contributed by atoms with Crippen LogP contribution in [0.1, 0.15) is 11.1 Å². The molecule has 88 valence electrons. The van der Waals surface area contributed by atoms with Gasteiger partial charge in [-0.1, -0.05) is 66.6 Å². The van der Waals surface area contributed by atoms with Gasteiger partial charge in [-0.2, -0.15) is 0 Å². The van der Waals surface area contributed by atoms with Gasteiger partial charge in [-0.3, -0.25) is 0 Å². The SMILES string of the molecule is C#CC(O)C=C(c1ccccc1)c1ccccc1. The normalized spacial score (nSPS) is 11.3. The molecule has 2 rings (SSSR count). The van der Waals surface area contributed by atoms with Gasteiger partial charge in [0.15, 0.2) is 0 Å². The van der Waals surface area contributed by atoms with Crippen molar-refractivity contribution in [2.24, 2.45) is 0 Å². The van der Waals surface area contributed by atoms with Crippen LogP contribution in [0.2, 0.25) is 0 Å². The highest BCUT2D eigenvalue weighted by molar-refractivity contribution is 5.80. The Bertz CT molecular complexity index is 520. The van der Waals surface area contributed by atoms with Gasteiger partial charge in [0, 0.05) is 0 Å². The predicted octanol–water partition coefficient (Wildman–Crippen LogP) is 3.11. The van der Waals surface area contributed by atoms with E-state index in [0.29, 0.717) is 0 Å². The monoisotopic (exact) mass is 234 g/mol. The molecule has 0 amide bonds. The van der Waals surface area contributed by atoms with Crippen molar-refractivity contribution in [2.45, 2.75) is 6.10 Å². The molecule has 2 aromatic rings. The van der Waals surface area contributed by atoms with E-state index in [4.69, 9.17) is 6.42 Å². The van der Waals surface area contributed by atoms with Crippen LogP contribution in [-0.2, 0) is 0 Å². The van der Waals surface area contributed by atoms with E-state index in [0.717, 1.165) is 16.7 Å². The van der Waals surface area contributed by atoms with Crippen molar-refractivity contribution in [1.29, 1.82) is 0 Å². The lowest BCUT2D eigenvalue weighted by Crippen LogP contribution is -2.00. The van der Waals surface area contributed by atoms with Gasteiger partial charge in [0.05, 0.1) is 0 Å². The second kappa shape index (κ2) is 5.86. The molecule has 1 N–H and O–H groups in total. The molecule has 1 nitrogen and oxygen atoms in total. The van der Waals surface area contributed by atoms with Gasteiger partial charge in [-0.25, -0.2) is 0 Å². The van der Waals surface area contributed by atoms with Crippen molar-refractivity contribution in [3.8, 4) is 12.3 Å². The quantitative estimate of drug-likeness (QED) is 0.809. The maximum absolute atomic E-state index is 9.64. The Morgan fingerprint density at radius 3 is 1.78 bits per heavy atom. The molecule has 0 aliphatic carbocycles. The average molecular weight is 234 g/mol. The molecule has 0 heterocycles. The molecule has 0 saturated heterocycles. The van der Waals surface area contributed by atoms with E-state index in [1.54, 1.807) is 6.08 Å². The fourth-order valence-electron chi connectivity index (χ4n) is 1.80. The van der Waals surface area contributed by atoms with Crippen molar-refractivity contribution in [3.05, 3.63) is 77.9 Å². The summed E-state index contributed by atoms with van der Waals surface area (Å²) in [6, 6.07) is 19.8. The zero-order valence-electron chi connectivity index (χ0n) is 9.95. The lowest BCUT2D eigenvalue weighted by Gasteiger charge is -2.09. The molecule has 0 fully saturated rings. The molecule has 0 spiro atoms. The Hall–Kier alpha value is -2.30. The number of aliphatic hydroxyl groups is 1. The summed E-state index contributed by atoms with van der Waals surface area (Å²) in [5, 5.41) is 9.64. The summed E-state index contributed by atoms with van der Waals surface area (Å²) >= 11 is 0. The van der Waals surface area contributed by atoms with Gasteiger partial charge in [-0.15, -0.1) is 6.42 Å². The van der Waals surface area contributed by atoms with Crippen LogP contribution in [0, 0.1) is 12.3 Å². The van der Waals surface area contributed by atoms with Gasteiger partial charge < -0.3 is 5.11 Å². The van der Waals surface area contributed by atoms with E-state index in [9.17, 15) is 5.11 Å². The summed E-state index contributed by atoms with van der Waals surface area (Å²) in [4.78, 5) is 0. The summed E-state index contributed by atoms with van der Waals surface area (Å²) in [5.41, 5.74) is 3.03. The van der Waals surface area contributed by atoms with Crippen molar-refractivity contribution < 1.29 is 5.11 Å². The smallest absolute Gasteiger partial charge is 0.134 e. The Balaban J connectivity index is 2.50. The fraction of sp³-hybridized carbons (Fsp3) is 0.0588. The first-order valence-corrected chi connectivity index (χ1v) is 5.78. The molecular weight excluding hydrogens is 220 g/mol. The highest BCUT2D eigenvalue weighted by atomic mass is 16.3. The van der Waals surface area contributed by atoms with Crippen LogP contribution in [-0.4, -0.2) is 11.2 Å². The van der Waals surface area contributed by atoms with E-state index in [2.05, 4.69) is 5.92 Å². The largest absolute Gasteiger partial charge is 0.377 e. The molecule has 0 radical (unpaired) electrons. The van der Waals surface area contributed by atoms with Crippen LogP contribution in [0.5, 0.6) is 0 Å². The van der Waals surface area contributed by atoms with Crippen molar-refractivity contribution in [1.82, 2.24) is 0 Å². The fourth-order valence-corrected chi connectivity index (χ4v) is 1.80. The maximum Gasteiger partial charge on any atom is 0.134 e. The van der Waals surface area contributed by atoms with Crippen LogP contribution in [0.4, 0.5) is 0 Å². The Labute approximate surface area is 107 Å². The van der Waals surface area contributed by atoms with Crippen LogP contribution in [0.15, 0.2) is 66.7 Å². The van der Waals surface area contributed by atoms with Gasteiger partial charge in [0.2, 0.25) is 0 Å². The minimum Gasteiger partial charge on any atom is -0.377 e. The minimum absolute atomic E-state index is 0.875. The first-order chi connectivity index (χ1) is 8.81. The molecule has 1 atom stereocenters. The summed E-state index contributed by atoms with van der Waals surface area (Å²) < 4.78 is 0. The van der Waals surface area contributed by atoms with Crippen molar-refractivity contribution in [2.75, 3.05) is 0 Å². The van der Waals surface area contributed by atoms with E-state index in [1.165, 1.54) is 0 Å². The van der Waals surface area contributed by atoms with Gasteiger partial charge >= 0.3 is 0 Å². The Morgan fingerprint density at radius 1 is 0.944 bits per heavy atom. The minimum atomic E-state index is -0.875. The van der Waals surface area contributed by atoms with Crippen LogP contribution >= 0.6 is 0 Å². The first-order valence-electron chi connectivity index (χ1n) is 5.78. The van der Waals surface area contributed by atoms with Crippen LogP contribution in [0.25, 0.3) is 5.57 Å². The Kier molecular flexibility index (Phi) is 3.96. The number of hydrogen-bond acceptors (Lipinski definition) is 1.